The van der Waals surface area contributed by atoms with Gasteiger partial charge in [-0.2, -0.15) is 13.2 Å². The predicted molar refractivity (Wildman–Crippen MR) is 92.8 cm³/mol. The molecule has 1 amide bonds. The third kappa shape index (κ3) is 3.50. The highest BCUT2D eigenvalue weighted by Crippen LogP contribution is 2.32. The molecule has 0 spiro atoms. The molecule has 146 valence electrons. The van der Waals surface area contributed by atoms with Gasteiger partial charge in [0.2, 0.25) is 0 Å². The fourth-order valence-corrected chi connectivity index (χ4v) is 2.75. The SMILES string of the molecule is Cc1cc(C(=O)N[C@H](c2cccnc2)C(F)(F)F)c2c(=O)[nH]c(=O)n(C)c2n1. The number of alkyl halides is 3. The molecule has 0 aliphatic heterocycles. The first-order valence-electron chi connectivity index (χ1n) is 7.97. The van der Waals surface area contributed by atoms with Crippen LogP contribution in [0.25, 0.3) is 11.0 Å². The Morgan fingerprint density at radius 1 is 1.32 bits per heavy atom. The monoisotopic (exact) mass is 393 g/mol. The van der Waals surface area contributed by atoms with Gasteiger partial charge in [0.1, 0.15) is 5.65 Å². The number of carbonyl (C=O) groups is 1. The number of fused-ring (bicyclic) bond motifs is 1. The Balaban J connectivity index is 2.15. The molecule has 0 bridgehead atoms. The quantitative estimate of drug-likeness (QED) is 0.698. The van der Waals surface area contributed by atoms with Crippen LogP contribution in [0.3, 0.4) is 0 Å². The number of amides is 1. The highest BCUT2D eigenvalue weighted by atomic mass is 19.4. The number of hydrogen-bond donors (Lipinski definition) is 2. The van der Waals surface area contributed by atoms with E-state index in [9.17, 15) is 27.6 Å². The van der Waals surface area contributed by atoms with Crippen LogP contribution in [0.2, 0.25) is 0 Å². The van der Waals surface area contributed by atoms with Crippen LogP contribution in [0.15, 0.2) is 40.2 Å². The van der Waals surface area contributed by atoms with Crippen LogP contribution in [-0.2, 0) is 7.05 Å². The fourth-order valence-electron chi connectivity index (χ4n) is 2.75. The maximum absolute atomic E-state index is 13.5. The zero-order valence-electron chi connectivity index (χ0n) is 14.7. The third-order valence-corrected chi connectivity index (χ3v) is 4.06. The largest absolute Gasteiger partial charge is 0.412 e. The van der Waals surface area contributed by atoms with E-state index in [1.54, 1.807) is 0 Å². The van der Waals surface area contributed by atoms with Crippen molar-refractivity contribution < 1.29 is 18.0 Å². The summed E-state index contributed by atoms with van der Waals surface area (Å²) in [7, 11) is 1.32. The Morgan fingerprint density at radius 3 is 2.64 bits per heavy atom. The lowest BCUT2D eigenvalue weighted by molar-refractivity contribution is -0.155. The van der Waals surface area contributed by atoms with Crippen molar-refractivity contribution in [3.8, 4) is 0 Å². The minimum Gasteiger partial charge on any atom is -0.337 e. The molecule has 0 unspecified atom stereocenters. The van der Waals surface area contributed by atoms with Crippen molar-refractivity contribution in [3.63, 3.8) is 0 Å². The number of aromatic nitrogens is 4. The van der Waals surface area contributed by atoms with E-state index < -0.39 is 29.4 Å². The average Bonchev–Trinajstić information content (AvgIpc) is 2.63. The van der Waals surface area contributed by atoms with Gasteiger partial charge < -0.3 is 5.32 Å². The molecule has 0 fully saturated rings. The summed E-state index contributed by atoms with van der Waals surface area (Å²) < 4.78 is 41.5. The molecule has 0 aromatic carbocycles. The molecule has 3 aromatic heterocycles. The summed E-state index contributed by atoms with van der Waals surface area (Å²) in [5.74, 6) is -1.13. The number of nitrogens with one attached hydrogen (secondary N) is 2. The third-order valence-electron chi connectivity index (χ3n) is 4.06. The molecular weight excluding hydrogens is 379 g/mol. The van der Waals surface area contributed by atoms with Gasteiger partial charge >= 0.3 is 11.9 Å². The van der Waals surface area contributed by atoms with Crippen LogP contribution in [0.5, 0.6) is 0 Å². The molecule has 3 rings (SSSR count). The Hall–Kier alpha value is -3.50. The summed E-state index contributed by atoms with van der Waals surface area (Å²) >= 11 is 0. The molecule has 0 saturated carbocycles. The first kappa shape index (κ1) is 19.3. The summed E-state index contributed by atoms with van der Waals surface area (Å²) in [4.78, 5) is 46.4. The Kier molecular flexibility index (Phi) is 4.75. The van der Waals surface area contributed by atoms with E-state index in [0.29, 0.717) is 0 Å². The number of H-pyrrole nitrogens is 1. The lowest BCUT2D eigenvalue weighted by Crippen LogP contribution is -2.39. The first-order chi connectivity index (χ1) is 13.1. The zero-order valence-corrected chi connectivity index (χ0v) is 14.7. The second-order valence-corrected chi connectivity index (χ2v) is 6.06. The van der Waals surface area contributed by atoms with E-state index in [1.165, 1.54) is 38.4 Å². The molecule has 28 heavy (non-hydrogen) atoms. The lowest BCUT2D eigenvalue weighted by atomic mass is 10.1. The van der Waals surface area contributed by atoms with Gasteiger partial charge in [0.25, 0.3) is 11.5 Å². The summed E-state index contributed by atoms with van der Waals surface area (Å²) in [5, 5.41) is 1.62. The summed E-state index contributed by atoms with van der Waals surface area (Å²) in [6, 6.07) is 1.35. The number of nitrogens with zero attached hydrogens (tertiary/aromatic N) is 3. The highest BCUT2D eigenvalue weighted by molar-refractivity contribution is 6.05. The zero-order chi connectivity index (χ0) is 20.6. The molecule has 11 heteroatoms. The summed E-state index contributed by atoms with van der Waals surface area (Å²) in [5.41, 5.74) is -2.12. The number of aromatic amines is 1. The molecule has 2 N–H and O–H groups in total. The minimum atomic E-state index is -4.80. The Bertz CT molecular complexity index is 1170. The Morgan fingerprint density at radius 2 is 2.04 bits per heavy atom. The van der Waals surface area contributed by atoms with Crippen LogP contribution in [0, 0.1) is 6.92 Å². The topological polar surface area (TPSA) is 110 Å². The lowest BCUT2D eigenvalue weighted by Gasteiger charge is -2.22. The van der Waals surface area contributed by atoms with Gasteiger partial charge in [-0.05, 0) is 19.1 Å². The smallest absolute Gasteiger partial charge is 0.337 e. The maximum Gasteiger partial charge on any atom is 0.412 e. The van der Waals surface area contributed by atoms with Gasteiger partial charge in [-0.1, -0.05) is 6.07 Å². The molecule has 0 aliphatic carbocycles. The average molecular weight is 393 g/mol. The molecule has 3 heterocycles. The number of carbonyl (C=O) groups excluding carboxylic acids is 1. The second-order valence-electron chi connectivity index (χ2n) is 6.06. The molecule has 0 saturated heterocycles. The van der Waals surface area contributed by atoms with E-state index in [0.717, 1.165) is 10.8 Å². The van der Waals surface area contributed by atoms with Crippen LogP contribution in [0.4, 0.5) is 13.2 Å². The van der Waals surface area contributed by atoms with E-state index >= 15 is 0 Å². The second kappa shape index (κ2) is 6.91. The predicted octanol–water partition coefficient (Wildman–Crippen LogP) is 1.36. The normalized spacial score (nSPS) is 12.8. The van der Waals surface area contributed by atoms with Gasteiger partial charge in [0, 0.05) is 30.7 Å². The van der Waals surface area contributed by atoms with Crippen molar-refractivity contribution >= 4 is 16.9 Å². The van der Waals surface area contributed by atoms with Crippen LogP contribution < -0.4 is 16.6 Å². The van der Waals surface area contributed by atoms with Crippen molar-refractivity contribution in [3.05, 3.63) is 68.3 Å². The number of pyridine rings is 2. The van der Waals surface area contributed by atoms with Gasteiger partial charge in [-0.3, -0.25) is 24.1 Å². The fraction of sp³-hybridized carbons (Fsp3) is 0.235. The van der Waals surface area contributed by atoms with Gasteiger partial charge in [-0.15, -0.1) is 0 Å². The van der Waals surface area contributed by atoms with Crippen molar-refractivity contribution in [2.24, 2.45) is 7.05 Å². The van der Waals surface area contributed by atoms with Crippen molar-refractivity contribution in [1.29, 1.82) is 0 Å². The number of aryl methyl sites for hydroxylation is 2. The summed E-state index contributed by atoms with van der Waals surface area (Å²) in [6.07, 6.45) is -2.50. The number of hydrogen-bond acceptors (Lipinski definition) is 5. The van der Waals surface area contributed by atoms with Crippen molar-refractivity contribution in [2.45, 2.75) is 19.1 Å². The molecule has 0 radical (unpaired) electrons. The van der Waals surface area contributed by atoms with Gasteiger partial charge in [0.05, 0.1) is 10.9 Å². The Labute approximate surface area is 155 Å². The first-order valence-corrected chi connectivity index (χ1v) is 7.97. The summed E-state index contributed by atoms with van der Waals surface area (Å²) in [6.45, 7) is 1.49. The molecular formula is C17H14F3N5O3. The van der Waals surface area contributed by atoms with Crippen LogP contribution >= 0.6 is 0 Å². The van der Waals surface area contributed by atoms with Crippen LogP contribution in [0.1, 0.15) is 27.7 Å². The van der Waals surface area contributed by atoms with Crippen LogP contribution in [-0.4, -0.2) is 31.6 Å². The van der Waals surface area contributed by atoms with E-state index in [2.05, 4.69) is 9.97 Å². The molecule has 0 aliphatic rings. The standard InChI is InChI=1S/C17H14F3N5O3/c1-8-6-10(11-13(22-8)25(2)16(28)24-15(11)27)14(26)23-12(17(18,19)20)9-4-3-5-21-7-9/h3-7,12H,1-2H3,(H,23,26)(H,24,27,28)/t12-/m1/s1. The van der Waals surface area contributed by atoms with E-state index in [1.807, 2.05) is 10.3 Å². The maximum atomic E-state index is 13.5. The molecule has 8 nitrogen and oxygen atoms in total. The van der Waals surface area contributed by atoms with Gasteiger partial charge in [-0.25, -0.2) is 9.78 Å². The number of rotatable bonds is 3. The van der Waals surface area contributed by atoms with E-state index in [-0.39, 0.29) is 27.9 Å². The van der Waals surface area contributed by atoms with E-state index in [4.69, 9.17) is 0 Å². The van der Waals surface area contributed by atoms with Crippen molar-refractivity contribution in [1.82, 2.24) is 24.8 Å². The molecule has 1 atom stereocenters. The van der Waals surface area contributed by atoms with Gasteiger partial charge in [0.15, 0.2) is 6.04 Å². The minimum absolute atomic E-state index is 0.108. The highest BCUT2D eigenvalue weighted by Gasteiger charge is 2.42. The number of halogens is 3. The molecule has 3 aromatic rings. The van der Waals surface area contributed by atoms with Crippen molar-refractivity contribution in [2.75, 3.05) is 0 Å².